The van der Waals surface area contributed by atoms with Gasteiger partial charge in [-0.25, -0.2) is 8.42 Å². The molecule has 0 heterocycles. The van der Waals surface area contributed by atoms with Crippen molar-refractivity contribution in [3.63, 3.8) is 0 Å². The SMILES string of the molecule is Cc1ccccc1S(C)(=O)=O.ClC(Cl)Cl. The Morgan fingerprint density at radius 2 is 1.53 bits per heavy atom. The van der Waals surface area contributed by atoms with E-state index in [1.807, 2.05) is 6.07 Å². The van der Waals surface area contributed by atoms with Gasteiger partial charge in [-0.15, -0.1) is 0 Å². The summed E-state index contributed by atoms with van der Waals surface area (Å²) in [5, 5.41) is 0. The van der Waals surface area contributed by atoms with Gasteiger partial charge in [-0.05, 0) is 18.6 Å². The van der Waals surface area contributed by atoms with E-state index in [0.717, 1.165) is 5.56 Å². The number of sulfone groups is 1. The van der Waals surface area contributed by atoms with E-state index < -0.39 is 14.1 Å². The summed E-state index contributed by atoms with van der Waals surface area (Å²) >= 11 is 14.4. The van der Waals surface area contributed by atoms with E-state index in [9.17, 15) is 8.42 Å². The molecule has 1 aromatic carbocycles. The molecule has 1 rings (SSSR count). The first-order valence-electron chi connectivity index (χ1n) is 3.93. The quantitative estimate of drug-likeness (QED) is 0.743. The lowest BCUT2D eigenvalue weighted by Crippen LogP contribution is -1.98. The van der Waals surface area contributed by atoms with Gasteiger partial charge in [-0.1, -0.05) is 53.0 Å². The molecule has 0 saturated heterocycles. The molecule has 0 aromatic heterocycles. The van der Waals surface area contributed by atoms with Crippen LogP contribution in [0.2, 0.25) is 0 Å². The van der Waals surface area contributed by atoms with Crippen molar-refractivity contribution in [1.29, 1.82) is 0 Å². The van der Waals surface area contributed by atoms with Crippen molar-refractivity contribution in [1.82, 2.24) is 0 Å². The third-order valence-corrected chi connectivity index (χ3v) is 2.75. The molecule has 2 nitrogen and oxygen atoms in total. The smallest absolute Gasteiger partial charge is 0.180 e. The fourth-order valence-electron chi connectivity index (χ4n) is 0.972. The molecule has 0 aliphatic rings. The topological polar surface area (TPSA) is 34.1 Å². The van der Waals surface area contributed by atoms with E-state index in [4.69, 9.17) is 34.8 Å². The molecule has 1 aromatic rings. The summed E-state index contributed by atoms with van der Waals surface area (Å²) in [6.45, 7) is 1.79. The van der Waals surface area contributed by atoms with Crippen LogP contribution in [0.5, 0.6) is 0 Å². The van der Waals surface area contributed by atoms with Crippen molar-refractivity contribution >= 4 is 44.6 Å². The van der Waals surface area contributed by atoms with Crippen LogP contribution in [0.15, 0.2) is 29.2 Å². The lowest BCUT2D eigenvalue weighted by molar-refractivity contribution is 0.601. The predicted octanol–water partition coefficient (Wildman–Crippen LogP) is 3.38. The molecule has 6 heteroatoms. The molecular weight excluding hydrogens is 279 g/mol. The first-order chi connectivity index (χ1) is 6.75. The van der Waals surface area contributed by atoms with Crippen LogP contribution in [0.3, 0.4) is 0 Å². The first-order valence-corrected chi connectivity index (χ1v) is 7.13. The number of aryl methyl sites for hydroxylation is 1. The Morgan fingerprint density at radius 1 is 1.13 bits per heavy atom. The Morgan fingerprint density at radius 3 is 1.80 bits per heavy atom. The van der Waals surface area contributed by atoms with Crippen molar-refractivity contribution in [3.05, 3.63) is 29.8 Å². The van der Waals surface area contributed by atoms with Crippen LogP contribution in [0.1, 0.15) is 5.56 Å². The maximum Gasteiger partial charge on any atom is 0.180 e. The minimum Gasteiger partial charge on any atom is -0.224 e. The largest absolute Gasteiger partial charge is 0.224 e. The molecule has 0 unspecified atom stereocenters. The second kappa shape index (κ2) is 6.59. The average molecular weight is 290 g/mol. The Balaban J connectivity index is 0.000000423. The summed E-state index contributed by atoms with van der Waals surface area (Å²) < 4.78 is 21.4. The van der Waals surface area contributed by atoms with Crippen LogP contribution in [-0.4, -0.2) is 19.0 Å². The van der Waals surface area contributed by atoms with Crippen LogP contribution < -0.4 is 0 Å². The molecular formula is C9H11Cl3O2S. The Bertz CT molecular complexity index is 399. The minimum absolute atomic E-state index is 0.417. The molecule has 0 fully saturated rings. The highest BCUT2D eigenvalue weighted by molar-refractivity contribution is 7.90. The number of rotatable bonds is 1. The van der Waals surface area contributed by atoms with Crippen LogP contribution in [0.4, 0.5) is 0 Å². The summed E-state index contributed by atoms with van der Waals surface area (Å²) in [7, 11) is -3.03. The number of hydrogen-bond acceptors (Lipinski definition) is 2. The Kier molecular flexibility index (Phi) is 6.60. The van der Waals surface area contributed by atoms with Crippen molar-refractivity contribution in [2.45, 2.75) is 16.1 Å². The van der Waals surface area contributed by atoms with Crippen LogP contribution in [0.25, 0.3) is 0 Å². The van der Waals surface area contributed by atoms with Gasteiger partial charge in [0.1, 0.15) is 0 Å². The third kappa shape index (κ3) is 7.01. The fourth-order valence-corrected chi connectivity index (χ4v) is 1.95. The van der Waals surface area contributed by atoms with Gasteiger partial charge in [0.05, 0.1) is 4.90 Å². The highest BCUT2D eigenvalue weighted by Gasteiger charge is 2.07. The second-order valence-corrected chi connectivity index (χ2v) is 6.75. The van der Waals surface area contributed by atoms with Crippen molar-refractivity contribution in [3.8, 4) is 0 Å². The number of halogens is 3. The molecule has 0 spiro atoms. The lowest BCUT2D eigenvalue weighted by atomic mass is 10.2. The summed E-state index contributed by atoms with van der Waals surface area (Å²) in [4.78, 5) is 0.417. The third-order valence-electron chi connectivity index (χ3n) is 1.49. The van der Waals surface area contributed by atoms with Gasteiger partial charge < -0.3 is 0 Å². The Labute approximate surface area is 105 Å². The van der Waals surface area contributed by atoms with E-state index in [2.05, 4.69) is 0 Å². The zero-order chi connectivity index (χ0) is 12.1. The monoisotopic (exact) mass is 288 g/mol. The lowest BCUT2D eigenvalue weighted by Gasteiger charge is -2.00. The van der Waals surface area contributed by atoms with Crippen molar-refractivity contribution in [2.75, 3.05) is 6.26 Å². The minimum atomic E-state index is -3.03. The van der Waals surface area contributed by atoms with E-state index in [1.54, 1.807) is 25.1 Å². The van der Waals surface area contributed by atoms with E-state index >= 15 is 0 Å². The van der Waals surface area contributed by atoms with Crippen LogP contribution in [0, 0.1) is 6.92 Å². The molecule has 15 heavy (non-hydrogen) atoms. The standard InChI is InChI=1S/C8H10O2S.CHCl3/c1-7-5-3-4-6-8(7)11(2,9)10;2-1(3)4/h3-6H,1-2H3;1H. The van der Waals surface area contributed by atoms with E-state index in [1.165, 1.54) is 6.26 Å². The van der Waals surface area contributed by atoms with Gasteiger partial charge in [-0.2, -0.15) is 0 Å². The van der Waals surface area contributed by atoms with Gasteiger partial charge in [0.2, 0.25) is 0 Å². The molecule has 86 valence electrons. The average Bonchev–Trinajstić information content (AvgIpc) is 2.01. The molecule has 0 saturated carbocycles. The van der Waals surface area contributed by atoms with E-state index in [0.29, 0.717) is 4.90 Å². The molecule has 0 atom stereocenters. The van der Waals surface area contributed by atoms with Gasteiger partial charge >= 0.3 is 0 Å². The fraction of sp³-hybridized carbons (Fsp3) is 0.333. The number of hydrogen-bond donors (Lipinski definition) is 0. The number of alkyl halides is 3. The molecule has 0 radical (unpaired) electrons. The normalized spacial score (nSPS) is 10.8. The highest BCUT2D eigenvalue weighted by Crippen LogP contribution is 2.12. The predicted molar refractivity (Wildman–Crippen MR) is 65.6 cm³/mol. The summed E-state index contributed by atoms with van der Waals surface area (Å²) in [6, 6.07) is 6.95. The highest BCUT2D eigenvalue weighted by atomic mass is 35.6. The zero-order valence-electron chi connectivity index (χ0n) is 8.25. The number of benzene rings is 1. The zero-order valence-corrected chi connectivity index (χ0v) is 11.3. The van der Waals surface area contributed by atoms with Gasteiger partial charge in [0, 0.05) is 6.26 Å². The summed E-state index contributed by atoms with van der Waals surface area (Å²) in [6.07, 6.45) is 1.22. The van der Waals surface area contributed by atoms with E-state index in [-0.39, 0.29) is 0 Å². The molecule has 0 amide bonds. The molecule has 0 aliphatic heterocycles. The van der Waals surface area contributed by atoms with Crippen molar-refractivity contribution < 1.29 is 8.42 Å². The van der Waals surface area contributed by atoms with Gasteiger partial charge in [-0.3, -0.25) is 0 Å². The maximum absolute atomic E-state index is 11.1. The van der Waals surface area contributed by atoms with Gasteiger partial charge in [0.25, 0.3) is 0 Å². The van der Waals surface area contributed by atoms with Crippen molar-refractivity contribution in [2.24, 2.45) is 0 Å². The summed E-state index contributed by atoms with van der Waals surface area (Å²) in [5.74, 6) is 0. The first kappa shape index (κ1) is 15.0. The molecule has 0 N–H and O–H groups in total. The maximum atomic E-state index is 11.1. The van der Waals surface area contributed by atoms with Crippen LogP contribution >= 0.6 is 34.8 Å². The molecule has 0 aliphatic carbocycles. The second-order valence-electron chi connectivity index (χ2n) is 2.79. The van der Waals surface area contributed by atoms with Crippen LogP contribution in [-0.2, 0) is 9.84 Å². The van der Waals surface area contributed by atoms with Gasteiger partial charge in [0.15, 0.2) is 14.1 Å². The molecule has 0 bridgehead atoms. The summed E-state index contributed by atoms with van der Waals surface area (Å²) in [5.41, 5.74) is 0.801. The Hall–Kier alpha value is 0.0400.